The van der Waals surface area contributed by atoms with Crippen LogP contribution in [0.15, 0.2) is 18.2 Å². The molecule has 2 N–H and O–H groups in total. The molecule has 190 valence electrons. The van der Waals surface area contributed by atoms with Gasteiger partial charge in [0.05, 0.1) is 20.8 Å². The molecule has 0 aliphatic rings. The van der Waals surface area contributed by atoms with Crippen LogP contribution in [0.25, 0.3) is 0 Å². The molecule has 0 saturated heterocycles. The molecule has 0 aliphatic carbocycles. The van der Waals surface area contributed by atoms with Crippen molar-refractivity contribution in [2.45, 2.75) is 46.3 Å². The average molecular weight is 485 g/mol. The Morgan fingerprint density at radius 3 is 2.09 bits per heavy atom. The lowest BCUT2D eigenvalue weighted by Gasteiger charge is -2.21. The Labute approximate surface area is 197 Å². The molecule has 1 aromatic rings. The van der Waals surface area contributed by atoms with E-state index < -0.39 is 36.6 Å². The van der Waals surface area contributed by atoms with Crippen molar-refractivity contribution in [1.29, 1.82) is 0 Å². The first-order valence-corrected chi connectivity index (χ1v) is 10.3. The smallest absolute Gasteiger partial charge is 0.480 e. The van der Waals surface area contributed by atoms with Crippen molar-refractivity contribution in [3.05, 3.63) is 23.8 Å². The number of methoxy groups -OCH3 is 2. The normalized spacial score (nSPS) is 12.6. The number of ether oxygens (including phenoxy) is 6. The fourth-order valence-corrected chi connectivity index (χ4v) is 2.41. The highest BCUT2D eigenvalue weighted by Crippen LogP contribution is 2.30. The maximum atomic E-state index is 11.8. The summed E-state index contributed by atoms with van der Waals surface area (Å²) in [5.41, 5.74) is 0.220. The van der Waals surface area contributed by atoms with Gasteiger partial charge in [0, 0.05) is 6.54 Å². The molecular weight excluding hydrogens is 454 g/mol. The quantitative estimate of drug-likeness (QED) is 0.284. The van der Waals surface area contributed by atoms with E-state index in [1.54, 1.807) is 6.92 Å². The van der Waals surface area contributed by atoms with Gasteiger partial charge in [0.15, 0.2) is 11.5 Å². The molecule has 0 spiro atoms. The van der Waals surface area contributed by atoms with Crippen LogP contribution in [-0.4, -0.2) is 69.1 Å². The molecule has 0 bridgehead atoms. The third kappa shape index (κ3) is 10.9. The molecule has 0 saturated carbocycles. The molecule has 0 radical (unpaired) electrons. The number of hydrogen-bond donors (Lipinski definition) is 2. The zero-order valence-electron chi connectivity index (χ0n) is 20.0. The molecule has 2 atom stereocenters. The Morgan fingerprint density at radius 2 is 1.56 bits per heavy atom. The van der Waals surface area contributed by atoms with Crippen molar-refractivity contribution in [1.82, 2.24) is 5.32 Å². The van der Waals surface area contributed by atoms with Crippen LogP contribution >= 0.6 is 0 Å². The number of carboxylic acids is 1. The van der Waals surface area contributed by atoms with E-state index in [1.165, 1.54) is 18.2 Å². The molecule has 12 nitrogen and oxygen atoms in total. The number of benzene rings is 1. The summed E-state index contributed by atoms with van der Waals surface area (Å²) in [6.07, 6.45) is -3.65. The highest BCUT2D eigenvalue weighted by Gasteiger charge is 2.22. The van der Waals surface area contributed by atoms with Gasteiger partial charge in [0.2, 0.25) is 0 Å². The Morgan fingerprint density at radius 1 is 0.971 bits per heavy atom. The Bertz CT molecular complexity index is 863. The van der Waals surface area contributed by atoms with Crippen LogP contribution in [0, 0.1) is 5.41 Å². The SMILES string of the molecule is COC(=O)Oc1ccc(C[C@H](NCC(C)OC(=O)OCC(C)(C)C)C(=O)O)cc1OC(=O)OC. The van der Waals surface area contributed by atoms with Gasteiger partial charge in [-0.2, -0.15) is 0 Å². The maximum absolute atomic E-state index is 11.8. The summed E-state index contributed by atoms with van der Waals surface area (Å²) in [6, 6.07) is 3.07. The number of carbonyl (C=O) groups excluding carboxylic acids is 3. The molecule has 1 aromatic carbocycles. The van der Waals surface area contributed by atoms with Gasteiger partial charge < -0.3 is 38.8 Å². The number of hydrogen-bond acceptors (Lipinski definition) is 11. The maximum Gasteiger partial charge on any atom is 0.513 e. The van der Waals surface area contributed by atoms with Crippen molar-refractivity contribution >= 4 is 24.4 Å². The minimum Gasteiger partial charge on any atom is -0.480 e. The van der Waals surface area contributed by atoms with Gasteiger partial charge in [0.25, 0.3) is 0 Å². The van der Waals surface area contributed by atoms with Crippen LogP contribution < -0.4 is 14.8 Å². The summed E-state index contributed by atoms with van der Waals surface area (Å²) in [4.78, 5) is 46.4. The zero-order valence-corrected chi connectivity index (χ0v) is 20.0. The largest absolute Gasteiger partial charge is 0.513 e. The van der Waals surface area contributed by atoms with E-state index >= 15 is 0 Å². The standard InChI is InChI=1S/C22H31NO11/c1-13(32-21(28)31-12-22(2,3)4)11-23-15(18(24)25)9-14-7-8-16(33-19(26)29-5)17(10-14)34-20(27)30-6/h7-8,10,13,15,23H,9,11-12H2,1-6H3,(H,24,25)/t13?,15-/m0/s1. The molecule has 12 heteroatoms. The van der Waals surface area contributed by atoms with Crippen LogP contribution in [-0.2, 0) is 30.2 Å². The Kier molecular flexibility index (Phi) is 11.1. The predicted octanol–water partition coefficient (Wildman–Crippen LogP) is 3.15. The van der Waals surface area contributed by atoms with E-state index in [1.807, 2.05) is 20.8 Å². The molecule has 1 unspecified atom stereocenters. The number of nitrogens with one attached hydrogen (secondary N) is 1. The van der Waals surface area contributed by atoms with E-state index in [9.17, 15) is 24.3 Å². The summed E-state index contributed by atoms with van der Waals surface area (Å²) < 4.78 is 28.9. The highest BCUT2D eigenvalue weighted by molar-refractivity contribution is 5.74. The molecule has 0 aliphatic heterocycles. The number of carbonyl (C=O) groups is 4. The van der Waals surface area contributed by atoms with Crippen LogP contribution in [0.4, 0.5) is 14.4 Å². The van der Waals surface area contributed by atoms with Gasteiger partial charge in [-0.3, -0.25) is 4.79 Å². The second-order valence-electron chi connectivity index (χ2n) is 8.42. The van der Waals surface area contributed by atoms with Gasteiger partial charge in [-0.05, 0) is 36.5 Å². The van der Waals surface area contributed by atoms with Gasteiger partial charge in [-0.15, -0.1) is 0 Å². The molecule has 0 fully saturated rings. The predicted molar refractivity (Wildman–Crippen MR) is 117 cm³/mol. The number of carboxylic acid groups (broad SMARTS) is 1. The van der Waals surface area contributed by atoms with Crippen LogP contribution in [0.2, 0.25) is 0 Å². The van der Waals surface area contributed by atoms with Crippen LogP contribution in [0.5, 0.6) is 11.5 Å². The summed E-state index contributed by atoms with van der Waals surface area (Å²) >= 11 is 0. The summed E-state index contributed by atoms with van der Waals surface area (Å²) in [5.74, 6) is -1.46. The first-order valence-electron chi connectivity index (χ1n) is 10.3. The van der Waals surface area contributed by atoms with Crippen molar-refractivity contribution in [2.24, 2.45) is 5.41 Å². The third-order valence-corrected chi connectivity index (χ3v) is 4.04. The topological polar surface area (TPSA) is 156 Å². The first kappa shape index (κ1) is 28.5. The highest BCUT2D eigenvalue weighted by atomic mass is 16.7. The number of rotatable bonds is 10. The van der Waals surface area contributed by atoms with Crippen LogP contribution in [0.1, 0.15) is 33.3 Å². The minimum atomic E-state index is -1.16. The summed E-state index contributed by atoms with van der Waals surface area (Å²) in [5, 5.41) is 12.4. The molecule has 34 heavy (non-hydrogen) atoms. The van der Waals surface area contributed by atoms with Crippen molar-refractivity contribution in [2.75, 3.05) is 27.4 Å². The van der Waals surface area contributed by atoms with Gasteiger partial charge >= 0.3 is 24.4 Å². The summed E-state index contributed by atoms with van der Waals surface area (Å²) in [7, 11) is 2.20. The molecular formula is C22H31NO11. The lowest BCUT2D eigenvalue weighted by atomic mass is 9.99. The van der Waals surface area contributed by atoms with Gasteiger partial charge in [-0.1, -0.05) is 26.8 Å². The average Bonchev–Trinajstić information content (AvgIpc) is 2.75. The van der Waals surface area contributed by atoms with Gasteiger partial charge in [0.1, 0.15) is 12.1 Å². The third-order valence-electron chi connectivity index (χ3n) is 4.04. The van der Waals surface area contributed by atoms with Crippen molar-refractivity contribution < 1.29 is 52.7 Å². The lowest BCUT2D eigenvalue weighted by molar-refractivity contribution is -0.139. The fourth-order valence-electron chi connectivity index (χ4n) is 2.41. The molecule has 0 aromatic heterocycles. The van der Waals surface area contributed by atoms with E-state index in [-0.39, 0.29) is 36.5 Å². The van der Waals surface area contributed by atoms with Crippen LogP contribution in [0.3, 0.4) is 0 Å². The van der Waals surface area contributed by atoms with Crippen molar-refractivity contribution in [3.63, 3.8) is 0 Å². The van der Waals surface area contributed by atoms with Crippen molar-refractivity contribution in [3.8, 4) is 11.5 Å². The summed E-state index contributed by atoms with van der Waals surface area (Å²) in [6.45, 7) is 7.51. The van der Waals surface area contributed by atoms with Gasteiger partial charge in [-0.25, -0.2) is 14.4 Å². The minimum absolute atomic E-state index is 0.0352. The van der Waals surface area contributed by atoms with E-state index in [4.69, 9.17) is 18.9 Å². The Balaban J connectivity index is 2.83. The molecule has 0 amide bonds. The molecule has 1 rings (SSSR count). The second-order valence-corrected chi connectivity index (χ2v) is 8.42. The van der Waals surface area contributed by atoms with E-state index in [0.29, 0.717) is 5.56 Å². The second kappa shape index (κ2) is 13.2. The first-order chi connectivity index (χ1) is 15.8. The van der Waals surface area contributed by atoms with E-state index in [2.05, 4.69) is 14.8 Å². The monoisotopic (exact) mass is 485 g/mol. The fraction of sp³-hybridized carbons (Fsp3) is 0.545. The lowest BCUT2D eigenvalue weighted by Crippen LogP contribution is -2.42. The zero-order chi connectivity index (χ0) is 25.9. The van der Waals surface area contributed by atoms with E-state index in [0.717, 1.165) is 14.2 Å². The molecule has 0 heterocycles. The Hall–Kier alpha value is -3.54. The number of aliphatic carboxylic acids is 1.